The molecule has 0 saturated carbocycles. The van der Waals surface area contributed by atoms with Crippen LogP contribution in [0, 0.1) is 5.92 Å². The van der Waals surface area contributed by atoms with E-state index in [1.165, 1.54) is 7.11 Å². The van der Waals surface area contributed by atoms with Crippen LogP contribution in [0.5, 0.6) is 0 Å². The number of halogens is 1. The monoisotopic (exact) mass is 368 g/mol. The lowest BCUT2D eigenvalue weighted by atomic mass is 9.96. The van der Waals surface area contributed by atoms with Crippen LogP contribution in [0.25, 0.3) is 0 Å². The third-order valence-corrected chi connectivity index (χ3v) is 4.44. The topological polar surface area (TPSA) is 95.9 Å². The Balaban J connectivity index is 1.93. The SMILES string of the molecule is COC(CNC(=O)C1CCCN(C(=O)c2ccc(Cl)cc2)C1)C(=O)O. The van der Waals surface area contributed by atoms with Crippen molar-refractivity contribution in [2.45, 2.75) is 18.9 Å². The second-order valence-electron chi connectivity index (χ2n) is 5.90. The molecule has 2 N–H and O–H groups in total. The molecule has 1 saturated heterocycles. The van der Waals surface area contributed by atoms with Crippen LogP contribution in [-0.4, -0.2) is 60.6 Å². The molecule has 2 rings (SSSR count). The third-order valence-electron chi connectivity index (χ3n) is 4.19. The lowest BCUT2D eigenvalue weighted by Gasteiger charge is -2.32. The zero-order valence-corrected chi connectivity index (χ0v) is 14.7. The molecule has 1 fully saturated rings. The van der Waals surface area contributed by atoms with E-state index in [0.717, 1.165) is 0 Å². The predicted molar refractivity (Wildman–Crippen MR) is 91.5 cm³/mol. The number of carboxylic acids is 1. The molecule has 0 radical (unpaired) electrons. The molecule has 0 bridgehead atoms. The number of aliphatic carboxylic acids is 1. The summed E-state index contributed by atoms with van der Waals surface area (Å²) in [5.74, 6) is -1.91. The first-order chi connectivity index (χ1) is 11.9. The number of ether oxygens (including phenoxy) is 1. The van der Waals surface area contributed by atoms with Gasteiger partial charge in [0.15, 0.2) is 6.10 Å². The molecule has 0 aromatic heterocycles. The molecule has 8 heteroatoms. The van der Waals surface area contributed by atoms with Crippen molar-refractivity contribution in [3.05, 3.63) is 34.9 Å². The number of nitrogens with zero attached hydrogens (tertiary/aromatic N) is 1. The van der Waals surface area contributed by atoms with Crippen LogP contribution in [0.4, 0.5) is 0 Å². The molecule has 2 amide bonds. The van der Waals surface area contributed by atoms with Gasteiger partial charge in [-0.05, 0) is 37.1 Å². The van der Waals surface area contributed by atoms with Gasteiger partial charge in [-0.1, -0.05) is 11.6 Å². The Kier molecular flexibility index (Phi) is 6.78. The zero-order valence-electron chi connectivity index (χ0n) is 13.9. The van der Waals surface area contributed by atoms with Crippen LogP contribution in [0.2, 0.25) is 5.02 Å². The third kappa shape index (κ3) is 5.17. The van der Waals surface area contributed by atoms with Gasteiger partial charge in [0.05, 0.1) is 12.5 Å². The Labute approximate surface area is 150 Å². The van der Waals surface area contributed by atoms with Crippen LogP contribution < -0.4 is 5.32 Å². The van der Waals surface area contributed by atoms with E-state index in [1.54, 1.807) is 29.2 Å². The summed E-state index contributed by atoms with van der Waals surface area (Å²) in [4.78, 5) is 37.4. The number of carboxylic acid groups (broad SMARTS) is 1. The molecular weight excluding hydrogens is 348 g/mol. The van der Waals surface area contributed by atoms with E-state index in [4.69, 9.17) is 21.4 Å². The largest absolute Gasteiger partial charge is 0.479 e. The van der Waals surface area contributed by atoms with Gasteiger partial charge in [-0.3, -0.25) is 9.59 Å². The molecule has 25 heavy (non-hydrogen) atoms. The van der Waals surface area contributed by atoms with E-state index in [-0.39, 0.29) is 24.3 Å². The molecule has 1 aliphatic rings. The molecule has 1 aromatic carbocycles. The van der Waals surface area contributed by atoms with E-state index in [9.17, 15) is 14.4 Å². The molecule has 0 aliphatic carbocycles. The minimum Gasteiger partial charge on any atom is -0.479 e. The summed E-state index contributed by atoms with van der Waals surface area (Å²) in [6, 6.07) is 6.62. The molecule has 2 unspecified atom stereocenters. The Morgan fingerprint density at radius 1 is 1.36 bits per heavy atom. The maximum absolute atomic E-state index is 12.5. The minimum atomic E-state index is -1.13. The van der Waals surface area contributed by atoms with Gasteiger partial charge in [0.25, 0.3) is 5.91 Å². The summed E-state index contributed by atoms with van der Waals surface area (Å²) >= 11 is 5.83. The van der Waals surface area contributed by atoms with Gasteiger partial charge in [0, 0.05) is 30.8 Å². The number of carbonyl (C=O) groups excluding carboxylic acids is 2. The fourth-order valence-corrected chi connectivity index (χ4v) is 2.89. The number of carbonyl (C=O) groups is 3. The van der Waals surface area contributed by atoms with Gasteiger partial charge in [-0.15, -0.1) is 0 Å². The summed E-state index contributed by atoms with van der Waals surface area (Å²) in [5.41, 5.74) is 0.524. The number of piperidine rings is 1. The number of rotatable bonds is 6. The highest BCUT2D eigenvalue weighted by Gasteiger charge is 2.29. The Morgan fingerprint density at radius 2 is 2.04 bits per heavy atom. The second-order valence-corrected chi connectivity index (χ2v) is 6.34. The van der Waals surface area contributed by atoms with Crippen molar-refractivity contribution in [1.29, 1.82) is 0 Å². The van der Waals surface area contributed by atoms with Crippen molar-refractivity contribution < 1.29 is 24.2 Å². The number of likely N-dealkylation sites (tertiary alicyclic amines) is 1. The number of methoxy groups -OCH3 is 1. The average molecular weight is 369 g/mol. The Bertz CT molecular complexity index is 634. The average Bonchev–Trinajstić information content (AvgIpc) is 2.62. The van der Waals surface area contributed by atoms with Crippen molar-refractivity contribution in [3.8, 4) is 0 Å². The molecule has 7 nitrogen and oxygen atoms in total. The van der Waals surface area contributed by atoms with Gasteiger partial charge < -0.3 is 20.1 Å². The van der Waals surface area contributed by atoms with Crippen molar-refractivity contribution in [3.63, 3.8) is 0 Å². The van der Waals surface area contributed by atoms with Crippen LogP contribution >= 0.6 is 11.6 Å². The van der Waals surface area contributed by atoms with Crippen LogP contribution in [-0.2, 0) is 14.3 Å². The smallest absolute Gasteiger partial charge is 0.334 e. The fourth-order valence-electron chi connectivity index (χ4n) is 2.76. The van der Waals surface area contributed by atoms with E-state index in [1.807, 2.05) is 0 Å². The summed E-state index contributed by atoms with van der Waals surface area (Å²) < 4.78 is 4.79. The van der Waals surface area contributed by atoms with E-state index >= 15 is 0 Å². The van der Waals surface area contributed by atoms with Gasteiger partial charge in [-0.2, -0.15) is 0 Å². The molecular formula is C17H21ClN2O5. The normalized spacial score (nSPS) is 18.5. The Hall–Kier alpha value is -2.12. The van der Waals surface area contributed by atoms with Gasteiger partial charge in [0.1, 0.15) is 0 Å². The van der Waals surface area contributed by atoms with Crippen molar-refractivity contribution >= 4 is 29.4 Å². The first-order valence-electron chi connectivity index (χ1n) is 8.00. The predicted octanol–water partition coefficient (Wildman–Crippen LogP) is 1.41. The maximum Gasteiger partial charge on any atom is 0.334 e. The summed E-state index contributed by atoms with van der Waals surface area (Å²) in [5, 5.41) is 12.1. The van der Waals surface area contributed by atoms with Crippen LogP contribution in [0.3, 0.4) is 0 Å². The lowest BCUT2D eigenvalue weighted by molar-refractivity contribution is -0.148. The Morgan fingerprint density at radius 3 is 2.64 bits per heavy atom. The van der Waals surface area contributed by atoms with Gasteiger partial charge in [-0.25, -0.2) is 4.79 Å². The number of amides is 2. The highest BCUT2D eigenvalue weighted by molar-refractivity contribution is 6.30. The molecule has 1 aliphatic heterocycles. The highest BCUT2D eigenvalue weighted by atomic mass is 35.5. The summed E-state index contributed by atoms with van der Waals surface area (Å²) in [7, 11) is 1.28. The number of hydrogen-bond acceptors (Lipinski definition) is 4. The molecule has 0 spiro atoms. The summed E-state index contributed by atoms with van der Waals surface area (Å²) in [6.07, 6.45) is 0.282. The lowest BCUT2D eigenvalue weighted by Crippen LogP contribution is -2.47. The standard InChI is InChI=1S/C17H21ClN2O5/c1-25-14(17(23)24)9-19-15(21)12-3-2-8-20(10-12)16(22)11-4-6-13(18)7-5-11/h4-7,12,14H,2-3,8-10H2,1H3,(H,19,21)(H,23,24). The van der Waals surface area contributed by atoms with Crippen LogP contribution in [0.15, 0.2) is 24.3 Å². The first kappa shape index (κ1) is 19.2. The van der Waals surface area contributed by atoms with E-state index < -0.39 is 12.1 Å². The van der Waals surface area contributed by atoms with Gasteiger partial charge >= 0.3 is 5.97 Å². The fraction of sp³-hybridized carbons (Fsp3) is 0.471. The quantitative estimate of drug-likeness (QED) is 0.791. The number of nitrogens with one attached hydrogen (secondary N) is 1. The number of benzene rings is 1. The molecule has 1 aromatic rings. The highest BCUT2D eigenvalue weighted by Crippen LogP contribution is 2.20. The van der Waals surface area contributed by atoms with E-state index in [2.05, 4.69) is 5.32 Å². The molecule has 1 heterocycles. The van der Waals surface area contributed by atoms with Crippen LogP contribution in [0.1, 0.15) is 23.2 Å². The van der Waals surface area contributed by atoms with Gasteiger partial charge in [0.2, 0.25) is 5.91 Å². The maximum atomic E-state index is 12.5. The number of hydrogen-bond donors (Lipinski definition) is 2. The van der Waals surface area contributed by atoms with Crippen molar-refractivity contribution in [1.82, 2.24) is 10.2 Å². The van der Waals surface area contributed by atoms with E-state index in [0.29, 0.717) is 36.5 Å². The minimum absolute atomic E-state index is 0.105. The van der Waals surface area contributed by atoms with Crippen molar-refractivity contribution in [2.24, 2.45) is 5.92 Å². The first-order valence-corrected chi connectivity index (χ1v) is 8.38. The van der Waals surface area contributed by atoms with Crippen molar-refractivity contribution in [2.75, 3.05) is 26.7 Å². The second kappa shape index (κ2) is 8.82. The molecule has 136 valence electrons. The summed E-state index contributed by atoms with van der Waals surface area (Å²) in [6.45, 7) is 0.783. The zero-order chi connectivity index (χ0) is 18.4. The molecule has 2 atom stereocenters.